The summed E-state index contributed by atoms with van der Waals surface area (Å²) in [5.74, 6) is 0.0288. The summed E-state index contributed by atoms with van der Waals surface area (Å²) in [6.07, 6.45) is 1.92. The van der Waals surface area contributed by atoms with Gasteiger partial charge in [0, 0.05) is 50.2 Å². The fourth-order valence-corrected chi connectivity index (χ4v) is 9.00. The average molecular weight is 969 g/mol. The topological polar surface area (TPSA) is 184 Å². The highest BCUT2D eigenvalue weighted by Gasteiger charge is 2.24. The van der Waals surface area contributed by atoms with Crippen LogP contribution in [-0.2, 0) is 62.7 Å². The van der Waals surface area contributed by atoms with Crippen LogP contribution in [0.2, 0.25) is 0 Å². The Balaban J connectivity index is 1.07. The van der Waals surface area contributed by atoms with Crippen molar-refractivity contribution in [2.24, 2.45) is 0 Å². The van der Waals surface area contributed by atoms with E-state index < -0.39 is 21.9 Å². The van der Waals surface area contributed by atoms with E-state index >= 15 is 0 Å². The van der Waals surface area contributed by atoms with Gasteiger partial charge in [-0.15, -0.1) is 0 Å². The molecular formula is C51H60N4O13S. The van der Waals surface area contributed by atoms with Crippen LogP contribution in [0.4, 0.5) is 5.69 Å². The van der Waals surface area contributed by atoms with Crippen molar-refractivity contribution < 1.29 is 60.6 Å². The van der Waals surface area contributed by atoms with Crippen LogP contribution in [0.15, 0.2) is 91.0 Å². The number of hydrogen-bond donors (Lipinski definition) is 1. The van der Waals surface area contributed by atoms with Crippen molar-refractivity contribution in [2.75, 3.05) is 119 Å². The highest BCUT2D eigenvalue weighted by atomic mass is 32.2. The lowest BCUT2D eigenvalue weighted by molar-refractivity contribution is 0.0159. The number of pyridine rings is 1. The molecule has 368 valence electrons. The van der Waals surface area contributed by atoms with E-state index in [-0.39, 0.29) is 16.9 Å². The first-order valence-electron chi connectivity index (χ1n) is 22.7. The lowest BCUT2D eigenvalue weighted by Gasteiger charge is -2.30. The number of nitrogens with one attached hydrogen (secondary N) is 1. The number of hydrogen-bond acceptors (Lipinski definition) is 15. The zero-order chi connectivity index (χ0) is 48.6. The first kappa shape index (κ1) is 50.9. The molecule has 1 aliphatic heterocycles. The third kappa shape index (κ3) is 13.9. The maximum absolute atomic E-state index is 13.6. The molecule has 4 aromatic carbocycles. The van der Waals surface area contributed by atoms with Gasteiger partial charge in [-0.05, 0) is 77.7 Å². The number of ether oxygens (including phenoxy) is 9. The fourth-order valence-electron chi connectivity index (χ4n) is 7.96. The molecule has 1 amide bonds. The van der Waals surface area contributed by atoms with Crippen molar-refractivity contribution in [3.8, 4) is 22.8 Å². The van der Waals surface area contributed by atoms with Crippen molar-refractivity contribution in [1.82, 2.24) is 13.9 Å². The van der Waals surface area contributed by atoms with Gasteiger partial charge in [-0.2, -0.15) is 0 Å². The number of anilines is 1. The second-order valence-electron chi connectivity index (χ2n) is 16.2. The Kier molecular flexibility index (Phi) is 18.5. The van der Waals surface area contributed by atoms with Gasteiger partial charge in [0.25, 0.3) is 5.91 Å². The minimum atomic E-state index is -3.85. The van der Waals surface area contributed by atoms with Crippen LogP contribution in [0, 0.1) is 0 Å². The average Bonchev–Trinajstić information content (AvgIpc) is 3.75. The first-order chi connectivity index (χ1) is 33.6. The molecule has 0 spiro atoms. The predicted molar refractivity (Wildman–Crippen MR) is 261 cm³/mol. The molecule has 7 rings (SSSR count). The normalized spacial score (nSPS) is 12.9. The van der Waals surface area contributed by atoms with Crippen LogP contribution < -0.4 is 14.8 Å². The van der Waals surface area contributed by atoms with Crippen LogP contribution in [0.5, 0.6) is 11.5 Å². The van der Waals surface area contributed by atoms with Gasteiger partial charge in [0.15, 0.2) is 11.5 Å². The van der Waals surface area contributed by atoms with E-state index in [1.807, 2.05) is 42.5 Å². The number of amides is 1. The molecule has 1 aliphatic rings. The SMILES string of the molecule is COCCOCCOCCOc1cc2c(cc1OCCOCCOCCOC)CN(Cc1ccc3c(c1)cc(-c1ccc(C(=O)OC)c(NC(=O)c4ccc5ccccc5n4)c1)n3S(C)(=O)=O)CC2. The highest BCUT2D eigenvalue weighted by molar-refractivity contribution is 7.89. The number of para-hydroxylation sites is 1. The summed E-state index contributed by atoms with van der Waals surface area (Å²) in [6.45, 7) is 7.32. The molecule has 1 N–H and O–H groups in total. The van der Waals surface area contributed by atoms with E-state index in [9.17, 15) is 18.0 Å². The lowest BCUT2D eigenvalue weighted by atomic mass is 9.98. The van der Waals surface area contributed by atoms with E-state index in [4.69, 9.17) is 42.6 Å². The van der Waals surface area contributed by atoms with E-state index in [0.29, 0.717) is 132 Å². The summed E-state index contributed by atoms with van der Waals surface area (Å²) < 4.78 is 78.2. The molecule has 0 atom stereocenters. The van der Waals surface area contributed by atoms with Gasteiger partial charge in [0.2, 0.25) is 10.0 Å². The fraction of sp³-hybridized carbons (Fsp3) is 0.392. The minimum Gasteiger partial charge on any atom is -0.487 e. The molecule has 0 bridgehead atoms. The van der Waals surface area contributed by atoms with Gasteiger partial charge in [-0.3, -0.25) is 9.69 Å². The standard InChI is InChI=1S/C51H60N4O13S/c1-60-17-19-63-21-23-65-25-27-67-48-32-38-15-16-54(35-41(38)33-49(48)68-28-26-66-24-22-64-20-18-61-2)34-36-9-14-46-40(29-36)31-47(55(46)69(4,58)59)39-10-12-42(51(57)62-3)45(30-39)53-50(56)44-13-11-37-7-5-6-8-43(37)52-44/h5-14,29-33H,15-28,34-35H2,1-4H3,(H,53,56). The summed E-state index contributed by atoms with van der Waals surface area (Å²) in [5, 5.41) is 4.39. The first-order valence-corrected chi connectivity index (χ1v) is 24.6. The quantitative estimate of drug-likeness (QED) is 0.0443. The summed E-state index contributed by atoms with van der Waals surface area (Å²) in [5.41, 5.74) is 5.58. The summed E-state index contributed by atoms with van der Waals surface area (Å²) in [7, 11) is 0.668. The number of carbonyl (C=O) groups excluding carboxylic acids is 2. The number of esters is 1. The van der Waals surface area contributed by atoms with Gasteiger partial charge in [-0.25, -0.2) is 22.2 Å². The Bertz CT molecular complexity index is 2800. The van der Waals surface area contributed by atoms with Crippen molar-refractivity contribution in [2.45, 2.75) is 19.5 Å². The number of carbonyl (C=O) groups is 2. The molecular weight excluding hydrogens is 909 g/mol. The van der Waals surface area contributed by atoms with Crippen molar-refractivity contribution >= 4 is 49.4 Å². The summed E-state index contributed by atoms with van der Waals surface area (Å²) >= 11 is 0. The zero-order valence-electron chi connectivity index (χ0n) is 39.5. The highest BCUT2D eigenvalue weighted by Crippen LogP contribution is 2.36. The Morgan fingerprint density at radius 2 is 1.30 bits per heavy atom. The zero-order valence-corrected chi connectivity index (χ0v) is 40.3. The number of methoxy groups -OCH3 is 3. The number of fused-ring (bicyclic) bond motifs is 3. The van der Waals surface area contributed by atoms with Crippen LogP contribution >= 0.6 is 0 Å². The summed E-state index contributed by atoms with van der Waals surface area (Å²) in [4.78, 5) is 33.3. The van der Waals surface area contributed by atoms with Gasteiger partial charge in [0.1, 0.15) is 18.9 Å². The van der Waals surface area contributed by atoms with Crippen molar-refractivity contribution in [1.29, 1.82) is 0 Å². The second-order valence-corrected chi connectivity index (χ2v) is 18.0. The number of nitrogens with zero attached hydrogens (tertiary/aromatic N) is 3. The predicted octanol–water partition coefficient (Wildman–Crippen LogP) is 6.38. The molecule has 6 aromatic rings. The Labute approximate surface area is 402 Å². The van der Waals surface area contributed by atoms with Gasteiger partial charge in [-0.1, -0.05) is 36.4 Å². The molecule has 0 saturated carbocycles. The Hall–Kier alpha value is -5.96. The lowest BCUT2D eigenvalue weighted by Crippen LogP contribution is -2.30. The monoisotopic (exact) mass is 968 g/mol. The number of rotatable bonds is 27. The van der Waals surface area contributed by atoms with Crippen LogP contribution in [0.1, 0.15) is 37.5 Å². The van der Waals surface area contributed by atoms with Crippen molar-refractivity contribution in [3.05, 3.63) is 119 Å². The summed E-state index contributed by atoms with van der Waals surface area (Å²) in [6, 6.07) is 27.2. The molecule has 0 unspecified atom stereocenters. The molecule has 18 heteroatoms. The van der Waals surface area contributed by atoms with E-state index in [0.717, 1.165) is 41.3 Å². The van der Waals surface area contributed by atoms with Crippen molar-refractivity contribution in [3.63, 3.8) is 0 Å². The van der Waals surface area contributed by atoms with E-state index in [2.05, 4.69) is 21.3 Å². The second kappa shape index (κ2) is 25.1. The molecule has 0 fully saturated rings. The van der Waals surface area contributed by atoms with Gasteiger partial charge < -0.3 is 47.9 Å². The number of benzene rings is 4. The maximum Gasteiger partial charge on any atom is 0.339 e. The van der Waals surface area contributed by atoms with Gasteiger partial charge >= 0.3 is 5.97 Å². The molecule has 0 radical (unpaired) electrons. The Morgan fingerprint density at radius 3 is 1.96 bits per heavy atom. The third-order valence-corrected chi connectivity index (χ3v) is 12.4. The van der Waals surface area contributed by atoms with Crippen LogP contribution in [-0.4, -0.2) is 148 Å². The number of aromatic nitrogens is 2. The smallest absolute Gasteiger partial charge is 0.339 e. The molecule has 3 heterocycles. The maximum atomic E-state index is 13.6. The molecule has 0 aliphatic carbocycles. The molecule has 69 heavy (non-hydrogen) atoms. The Morgan fingerprint density at radius 1 is 0.667 bits per heavy atom. The third-order valence-electron chi connectivity index (χ3n) is 11.3. The largest absolute Gasteiger partial charge is 0.487 e. The van der Waals surface area contributed by atoms with E-state index in [1.54, 1.807) is 50.6 Å². The molecule has 2 aromatic heterocycles. The minimum absolute atomic E-state index is 0.0935. The van der Waals surface area contributed by atoms with Crippen LogP contribution in [0.3, 0.4) is 0 Å². The van der Waals surface area contributed by atoms with Gasteiger partial charge in [0.05, 0.1) is 107 Å². The van der Waals surface area contributed by atoms with E-state index in [1.165, 1.54) is 17.1 Å². The molecule has 0 saturated heterocycles. The van der Waals surface area contributed by atoms with Crippen LogP contribution in [0.25, 0.3) is 33.1 Å². The molecule has 17 nitrogen and oxygen atoms in total.